The Morgan fingerprint density at radius 2 is 2.00 bits per heavy atom. The quantitative estimate of drug-likeness (QED) is 0.367. The molecule has 0 saturated heterocycles. The van der Waals surface area contributed by atoms with Gasteiger partial charge in [-0.2, -0.15) is 0 Å². The van der Waals surface area contributed by atoms with Crippen LogP contribution in [0.1, 0.15) is 0 Å². The van der Waals surface area contributed by atoms with Gasteiger partial charge in [0.15, 0.2) is 5.82 Å². The normalized spacial score (nSPS) is 9.87. The minimum atomic E-state index is -0.0438. The Hall–Kier alpha value is -2.37. The lowest BCUT2D eigenvalue weighted by Gasteiger charge is -2.03. The maximum atomic E-state index is 5.21. The van der Waals surface area contributed by atoms with E-state index >= 15 is 0 Å². The molecule has 1 heterocycles. The van der Waals surface area contributed by atoms with Gasteiger partial charge in [-0.1, -0.05) is 12.1 Å². The van der Waals surface area contributed by atoms with Crippen molar-refractivity contribution in [3.63, 3.8) is 0 Å². The predicted octanol–water partition coefficient (Wildman–Crippen LogP) is 0.230. The average molecular weight is 202 g/mol. The van der Waals surface area contributed by atoms with Crippen molar-refractivity contribution in [2.75, 3.05) is 5.43 Å². The zero-order valence-corrected chi connectivity index (χ0v) is 7.88. The number of fused-ring (bicyclic) bond motifs is 1. The van der Waals surface area contributed by atoms with Gasteiger partial charge in [-0.15, -0.1) is 5.10 Å². The standard InChI is InChI=1S/C9H10N6/c10-9(11)15-14-8-6-3-1-2-4-7(6)12-5-13-8/h1-5H,(H4,10,11,15)(H,12,13,14). The fourth-order valence-electron chi connectivity index (χ4n) is 1.21. The van der Waals surface area contributed by atoms with Crippen molar-refractivity contribution in [1.82, 2.24) is 9.97 Å². The number of nitrogens with one attached hydrogen (secondary N) is 1. The minimum Gasteiger partial charge on any atom is -0.369 e. The molecule has 15 heavy (non-hydrogen) atoms. The summed E-state index contributed by atoms with van der Waals surface area (Å²) in [6, 6.07) is 7.57. The third kappa shape index (κ3) is 1.93. The van der Waals surface area contributed by atoms with Crippen molar-refractivity contribution in [3.05, 3.63) is 30.6 Å². The molecule has 0 aliphatic heterocycles. The number of nitrogens with zero attached hydrogens (tertiary/aromatic N) is 3. The second-order valence-electron chi connectivity index (χ2n) is 2.89. The topological polar surface area (TPSA) is 102 Å². The van der Waals surface area contributed by atoms with Crippen LogP contribution in [-0.2, 0) is 0 Å². The number of hydrogen-bond donors (Lipinski definition) is 3. The summed E-state index contributed by atoms with van der Waals surface area (Å²) in [4.78, 5) is 8.15. The molecule has 0 aliphatic carbocycles. The fraction of sp³-hybridized carbons (Fsp3) is 0. The Bertz CT molecular complexity index is 497. The van der Waals surface area contributed by atoms with Crippen LogP contribution in [0.5, 0.6) is 0 Å². The molecular weight excluding hydrogens is 192 g/mol. The number of guanidine groups is 1. The van der Waals surface area contributed by atoms with Gasteiger partial charge in [-0.05, 0) is 12.1 Å². The van der Waals surface area contributed by atoms with Gasteiger partial charge in [0.05, 0.1) is 5.52 Å². The molecule has 0 saturated carbocycles. The highest BCUT2D eigenvalue weighted by atomic mass is 15.4. The van der Waals surface area contributed by atoms with Gasteiger partial charge in [-0.3, -0.25) is 5.43 Å². The molecule has 2 rings (SSSR count). The highest BCUT2D eigenvalue weighted by Gasteiger charge is 2.00. The zero-order valence-electron chi connectivity index (χ0n) is 7.88. The first-order valence-corrected chi connectivity index (χ1v) is 4.32. The monoisotopic (exact) mass is 202 g/mol. The van der Waals surface area contributed by atoms with Crippen molar-refractivity contribution in [1.29, 1.82) is 0 Å². The van der Waals surface area contributed by atoms with Crippen molar-refractivity contribution >= 4 is 22.7 Å². The number of para-hydroxylation sites is 1. The van der Waals surface area contributed by atoms with Crippen LogP contribution in [0.4, 0.5) is 5.82 Å². The molecule has 0 spiro atoms. The van der Waals surface area contributed by atoms with Crippen molar-refractivity contribution in [2.45, 2.75) is 0 Å². The van der Waals surface area contributed by atoms with E-state index in [9.17, 15) is 0 Å². The Morgan fingerprint density at radius 3 is 2.80 bits per heavy atom. The maximum absolute atomic E-state index is 5.21. The summed E-state index contributed by atoms with van der Waals surface area (Å²) in [5, 5.41) is 4.54. The second kappa shape index (κ2) is 3.79. The van der Waals surface area contributed by atoms with Gasteiger partial charge < -0.3 is 11.5 Å². The Balaban J connectivity index is 2.47. The summed E-state index contributed by atoms with van der Waals surface area (Å²) in [6.45, 7) is 0. The first kappa shape index (κ1) is 9.20. The zero-order chi connectivity index (χ0) is 10.7. The number of rotatable bonds is 2. The molecule has 0 fully saturated rings. The van der Waals surface area contributed by atoms with Gasteiger partial charge in [0.2, 0.25) is 5.96 Å². The number of hydrogen-bond acceptors (Lipinski definition) is 4. The largest absolute Gasteiger partial charge is 0.369 e. The lowest BCUT2D eigenvalue weighted by Crippen LogP contribution is -2.24. The molecule has 6 heteroatoms. The van der Waals surface area contributed by atoms with Crippen LogP contribution in [0.3, 0.4) is 0 Å². The average Bonchev–Trinajstić information content (AvgIpc) is 2.26. The fourth-order valence-corrected chi connectivity index (χ4v) is 1.21. The van der Waals surface area contributed by atoms with Gasteiger partial charge in [0.25, 0.3) is 0 Å². The van der Waals surface area contributed by atoms with Crippen LogP contribution < -0.4 is 16.9 Å². The first-order chi connectivity index (χ1) is 7.27. The second-order valence-corrected chi connectivity index (χ2v) is 2.89. The predicted molar refractivity (Wildman–Crippen MR) is 59.0 cm³/mol. The lowest BCUT2D eigenvalue weighted by molar-refractivity contribution is 1.17. The number of nitrogens with two attached hydrogens (primary N) is 2. The highest BCUT2D eigenvalue weighted by molar-refractivity contribution is 5.89. The summed E-state index contributed by atoms with van der Waals surface area (Å²) >= 11 is 0. The Kier molecular flexibility index (Phi) is 2.32. The maximum Gasteiger partial charge on any atom is 0.208 e. The van der Waals surface area contributed by atoms with E-state index in [2.05, 4.69) is 20.5 Å². The van der Waals surface area contributed by atoms with E-state index in [1.54, 1.807) is 0 Å². The summed E-state index contributed by atoms with van der Waals surface area (Å²) in [7, 11) is 0. The molecule has 0 bridgehead atoms. The van der Waals surface area contributed by atoms with Crippen LogP contribution in [0, 0.1) is 0 Å². The molecule has 0 aliphatic rings. The van der Waals surface area contributed by atoms with Gasteiger partial charge in [-0.25, -0.2) is 9.97 Å². The number of aromatic nitrogens is 2. The van der Waals surface area contributed by atoms with Crippen LogP contribution in [0.2, 0.25) is 0 Å². The van der Waals surface area contributed by atoms with E-state index in [0.717, 1.165) is 10.9 Å². The lowest BCUT2D eigenvalue weighted by atomic mass is 10.2. The van der Waals surface area contributed by atoms with Crippen molar-refractivity contribution < 1.29 is 0 Å². The van der Waals surface area contributed by atoms with E-state index in [4.69, 9.17) is 11.5 Å². The van der Waals surface area contributed by atoms with Gasteiger partial charge >= 0.3 is 0 Å². The summed E-state index contributed by atoms with van der Waals surface area (Å²) in [5.74, 6) is 0.534. The third-order valence-corrected chi connectivity index (χ3v) is 1.83. The Labute approximate surface area is 86.0 Å². The summed E-state index contributed by atoms with van der Waals surface area (Å²) in [5.41, 5.74) is 13.9. The first-order valence-electron chi connectivity index (χ1n) is 4.32. The molecular formula is C9H10N6. The molecule has 0 amide bonds. The van der Waals surface area contributed by atoms with E-state index in [-0.39, 0.29) is 5.96 Å². The summed E-state index contributed by atoms with van der Waals surface area (Å²) in [6.07, 6.45) is 1.45. The Morgan fingerprint density at radius 1 is 1.20 bits per heavy atom. The van der Waals surface area contributed by atoms with E-state index in [1.165, 1.54) is 6.33 Å². The smallest absolute Gasteiger partial charge is 0.208 e. The molecule has 6 nitrogen and oxygen atoms in total. The van der Waals surface area contributed by atoms with Crippen LogP contribution in [0.15, 0.2) is 35.7 Å². The molecule has 1 aromatic heterocycles. The van der Waals surface area contributed by atoms with Gasteiger partial charge in [0, 0.05) is 5.39 Å². The molecule has 76 valence electrons. The molecule has 0 atom stereocenters. The molecule has 5 N–H and O–H groups in total. The minimum absolute atomic E-state index is 0.0438. The van der Waals surface area contributed by atoms with E-state index in [0.29, 0.717) is 5.82 Å². The molecule has 2 aromatic rings. The number of benzene rings is 1. The molecule has 0 unspecified atom stereocenters. The molecule has 0 radical (unpaired) electrons. The third-order valence-electron chi connectivity index (χ3n) is 1.83. The number of anilines is 1. The summed E-state index contributed by atoms with van der Waals surface area (Å²) < 4.78 is 0. The van der Waals surface area contributed by atoms with Crippen LogP contribution in [-0.4, -0.2) is 15.9 Å². The van der Waals surface area contributed by atoms with Gasteiger partial charge in [0.1, 0.15) is 6.33 Å². The number of hydrazone groups is 1. The van der Waals surface area contributed by atoms with Crippen LogP contribution in [0.25, 0.3) is 10.9 Å². The van der Waals surface area contributed by atoms with Crippen molar-refractivity contribution in [2.24, 2.45) is 16.6 Å². The SMILES string of the molecule is NC(N)=NNc1ncnc2ccccc12. The highest BCUT2D eigenvalue weighted by Crippen LogP contribution is 2.17. The van der Waals surface area contributed by atoms with E-state index in [1.807, 2.05) is 24.3 Å². The van der Waals surface area contributed by atoms with E-state index < -0.39 is 0 Å². The van der Waals surface area contributed by atoms with Crippen LogP contribution >= 0.6 is 0 Å². The van der Waals surface area contributed by atoms with Crippen molar-refractivity contribution in [3.8, 4) is 0 Å². The molecule has 1 aromatic carbocycles.